The van der Waals surface area contributed by atoms with Gasteiger partial charge in [0.1, 0.15) is 17.5 Å². The number of anilines is 1. The maximum absolute atomic E-state index is 15.9. The zero-order chi connectivity index (χ0) is 40.3. The molecule has 302 valence electrons. The van der Waals surface area contributed by atoms with Crippen LogP contribution >= 0.6 is 11.6 Å². The molecule has 3 fully saturated rings. The van der Waals surface area contributed by atoms with Crippen LogP contribution in [0.2, 0.25) is 5.02 Å². The van der Waals surface area contributed by atoms with E-state index in [1.54, 1.807) is 74.2 Å². The summed E-state index contributed by atoms with van der Waals surface area (Å²) < 4.78 is 62.5. The quantitative estimate of drug-likeness (QED) is 0.208. The fourth-order valence-corrected chi connectivity index (χ4v) is 10.2. The second-order valence-corrected chi connectivity index (χ2v) is 18.0. The van der Waals surface area contributed by atoms with Crippen LogP contribution in [-0.4, -0.2) is 92.4 Å². The number of hydrogen-bond donors (Lipinski definition) is 2. The van der Waals surface area contributed by atoms with Crippen LogP contribution in [0, 0.1) is 11.7 Å². The Kier molecular flexibility index (Phi) is 12.6. The van der Waals surface area contributed by atoms with Crippen LogP contribution in [0.3, 0.4) is 0 Å². The van der Waals surface area contributed by atoms with E-state index in [0.717, 1.165) is 5.56 Å². The Balaban J connectivity index is 1.31. The molecule has 3 amide bonds. The number of sulfonamides is 1. The average Bonchev–Trinajstić information content (AvgIpc) is 3.92. The van der Waals surface area contributed by atoms with Gasteiger partial charge in [-0.3, -0.25) is 4.79 Å². The highest BCUT2D eigenvalue weighted by Crippen LogP contribution is 2.50. The van der Waals surface area contributed by atoms with Crippen molar-refractivity contribution in [1.29, 1.82) is 0 Å². The SMILES string of the molecule is COC(=O)N[C@H](C(=O)Nc1cccc(F)c1CCC1CN(C(=O)OC(C)(C)C)CC2(CC2)N1S(=O)(=O)c1ccccc1)[C@@H](c1ccc(Cl)cc1)C1CCOCC1. The molecule has 1 saturated carbocycles. The van der Waals surface area contributed by atoms with Crippen LogP contribution < -0.4 is 10.6 Å². The summed E-state index contributed by atoms with van der Waals surface area (Å²) in [5, 5.41) is 6.15. The first-order valence-corrected chi connectivity index (χ1v) is 20.8. The Bertz CT molecular complexity index is 1990. The number of carbonyl (C=O) groups excluding carboxylic acids is 3. The number of hydrogen-bond acceptors (Lipinski definition) is 8. The first kappa shape index (κ1) is 41.4. The molecule has 1 unspecified atom stereocenters. The van der Waals surface area contributed by atoms with Crippen molar-refractivity contribution in [3.63, 3.8) is 0 Å². The number of nitrogens with zero attached hydrogens (tertiary/aromatic N) is 2. The summed E-state index contributed by atoms with van der Waals surface area (Å²) in [7, 11) is -2.83. The van der Waals surface area contributed by atoms with Gasteiger partial charge in [0.2, 0.25) is 15.9 Å². The first-order valence-electron chi connectivity index (χ1n) is 19.0. The Labute approximate surface area is 333 Å². The maximum atomic E-state index is 15.9. The van der Waals surface area contributed by atoms with Crippen molar-refractivity contribution < 1.29 is 41.4 Å². The van der Waals surface area contributed by atoms with Gasteiger partial charge in [-0.25, -0.2) is 22.4 Å². The van der Waals surface area contributed by atoms with E-state index in [-0.39, 0.29) is 48.0 Å². The third kappa shape index (κ3) is 9.47. The van der Waals surface area contributed by atoms with Gasteiger partial charge in [0.25, 0.3) is 0 Å². The molecule has 3 aromatic carbocycles. The van der Waals surface area contributed by atoms with Crippen molar-refractivity contribution in [2.75, 3.05) is 38.7 Å². The fraction of sp³-hybridized carbons (Fsp3) is 0.488. The van der Waals surface area contributed by atoms with E-state index in [9.17, 15) is 22.8 Å². The molecule has 1 aliphatic carbocycles. The second-order valence-electron chi connectivity index (χ2n) is 15.8. The standard InChI is InChI=1S/C41H50ClFN4O8S/c1-40(2,3)55-39(50)46-25-30(47(41(26-46)21-22-41)56(51,52)31-9-6-5-7-10-31)17-18-32-33(43)11-8-12-34(32)44-37(48)36(45-38(49)53-4)35(28-19-23-54-24-20-28)27-13-15-29(42)16-14-27/h5-16,28,30,35-36H,17-26H2,1-4H3,(H,44,48)(H,45,49)/t30?,35-,36-/m0/s1. The average molecular weight is 813 g/mol. The third-order valence-electron chi connectivity index (χ3n) is 10.7. The highest BCUT2D eigenvalue weighted by molar-refractivity contribution is 7.89. The maximum Gasteiger partial charge on any atom is 0.410 e. The van der Waals surface area contributed by atoms with Crippen LogP contribution in [0.4, 0.5) is 19.7 Å². The third-order valence-corrected chi connectivity index (χ3v) is 13.1. The second kappa shape index (κ2) is 17.1. The number of piperazine rings is 1. The van der Waals surface area contributed by atoms with Crippen LogP contribution in [0.15, 0.2) is 77.7 Å². The molecule has 12 nitrogen and oxygen atoms in total. The first-order chi connectivity index (χ1) is 26.6. The zero-order valence-corrected chi connectivity index (χ0v) is 33.7. The van der Waals surface area contributed by atoms with Gasteiger partial charge in [0, 0.05) is 54.5 Å². The van der Waals surface area contributed by atoms with Crippen LogP contribution in [-0.2, 0) is 35.4 Å². The van der Waals surface area contributed by atoms with Crippen molar-refractivity contribution in [3.8, 4) is 0 Å². The van der Waals surface area contributed by atoms with Gasteiger partial charge in [-0.2, -0.15) is 4.31 Å². The minimum absolute atomic E-state index is 0.0156. The minimum atomic E-state index is -4.04. The lowest BCUT2D eigenvalue weighted by atomic mass is 9.76. The van der Waals surface area contributed by atoms with Crippen molar-refractivity contribution in [2.45, 2.75) is 93.3 Å². The number of halogens is 2. The van der Waals surface area contributed by atoms with E-state index >= 15 is 4.39 Å². The molecule has 15 heteroatoms. The van der Waals surface area contributed by atoms with Crippen LogP contribution in [0.25, 0.3) is 0 Å². The highest BCUT2D eigenvalue weighted by Gasteiger charge is 2.60. The molecule has 0 aromatic heterocycles. The van der Waals surface area contributed by atoms with E-state index in [1.807, 2.05) is 12.1 Å². The molecule has 3 atom stereocenters. The number of carbonyl (C=O) groups is 3. The summed E-state index contributed by atoms with van der Waals surface area (Å²) in [6.07, 6.45) is 1.15. The lowest BCUT2D eigenvalue weighted by molar-refractivity contribution is -0.119. The predicted octanol–water partition coefficient (Wildman–Crippen LogP) is 7.13. The summed E-state index contributed by atoms with van der Waals surface area (Å²) in [6, 6.07) is 17.7. The number of benzene rings is 3. The Morgan fingerprint density at radius 1 is 1.00 bits per heavy atom. The summed E-state index contributed by atoms with van der Waals surface area (Å²) in [5.74, 6) is -1.76. The smallest absolute Gasteiger partial charge is 0.410 e. The fourth-order valence-electron chi connectivity index (χ4n) is 8.01. The van der Waals surface area contributed by atoms with E-state index in [0.29, 0.717) is 43.9 Å². The molecule has 2 aliphatic heterocycles. The number of rotatable bonds is 11. The number of amides is 3. The number of alkyl carbamates (subject to hydrolysis) is 1. The molecule has 56 heavy (non-hydrogen) atoms. The summed E-state index contributed by atoms with van der Waals surface area (Å²) in [4.78, 5) is 42.3. The zero-order valence-electron chi connectivity index (χ0n) is 32.1. The number of nitrogens with one attached hydrogen (secondary N) is 2. The Hall–Kier alpha value is -4.24. The lowest BCUT2D eigenvalue weighted by Gasteiger charge is -2.46. The van der Waals surface area contributed by atoms with E-state index in [2.05, 4.69) is 10.6 Å². The molecule has 6 rings (SSSR count). The Morgan fingerprint density at radius 3 is 2.30 bits per heavy atom. The van der Waals surface area contributed by atoms with Crippen LogP contribution in [0.5, 0.6) is 0 Å². The van der Waals surface area contributed by atoms with E-state index in [1.165, 1.54) is 23.5 Å². The normalized spacial score (nSPS) is 19.8. The van der Waals surface area contributed by atoms with Gasteiger partial charge in [0.05, 0.1) is 17.5 Å². The summed E-state index contributed by atoms with van der Waals surface area (Å²) >= 11 is 6.22. The van der Waals surface area contributed by atoms with Crippen molar-refractivity contribution in [1.82, 2.24) is 14.5 Å². The lowest BCUT2D eigenvalue weighted by Crippen LogP contribution is -2.63. The van der Waals surface area contributed by atoms with Gasteiger partial charge in [-0.15, -0.1) is 0 Å². The molecule has 0 bridgehead atoms. The monoisotopic (exact) mass is 812 g/mol. The predicted molar refractivity (Wildman–Crippen MR) is 209 cm³/mol. The summed E-state index contributed by atoms with van der Waals surface area (Å²) in [5.41, 5.74) is -0.504. The summed E-state index contributed by atoms with van der Waals surface area (Å²) in [6.45, 7) is 6.48. The van der Waals surface area contributed by atoms with Crippen molar-refractivity contribution >= 4 is 45.4 Å². The molecule has 2 heterocycles. The van der Waals surface area contributed by atoms with E-state index < -0.39 is 63.1 Å². The van der Waals surface area contributed by atoms with Crippen molar-refractivity contribution in [2.24, 2.45) is 5.92 Å². The topological polar surface area (TPSA) is 144 Å². The molecule has 0 radical (unpaired) electrons. The van der Waals surface area contributed by atoms with Gasteiger partial charge >= 0.3 is 12.2 Å². The molecule has 2 N–H and O–H groups in total. The molecular weight excluding hydrogens is 763 g/mol. The van der Waals surface area contributed by atoms with Gasteiger partial charge in [-0.05, 0) is 107 Å². The molecule has 2 saturated heterocycles. The van der Waals surface area contributed by atoms with E-state index in [4.69, 9.17) is 25.8 Å². The molecule has 3 aliphatic rings. The van der Waals surface area contributed by atoms with Gasteiger partial charge in [-0.1, -0.05) is 48.0 Å². The van der Waals surface area contributed by atoms with Crippen LogP contribution in [0.1, 0.15) is 69.9 Å². The molecule has 3 aromatic rings. The Morgan fingerprint density at radius 2 is 1.68 bits per heavy atom. The highest BCUT2D eigenvalue weighted by atomic mass is 35.5. The molecule has 1 spiro atoms. The van der Waals surface area contributed by atoms with Crippen molar-refractivity contribution in [3.05, 3.63) is 94.8 Å². The van der Waals surface area contributed by atoms with Gasteiger partial charge < -0.3 is 29.7 Å². The number of methoxy groups -OCH3 is 1. The minimum Gasteiger partial charge on any atom is -0.453 e. The van der Waals surface area contributed by atoms with Gasteiger partial charge in [0.15, 0.2) is 0 Å². The number of ether oxygens (including phenoxy) is 3. The largest absolute Gasteiger partial charge is 0.453 e. The molecular formula is C41H50ClFN4O8S.